The van der Waals surface area contributed by atoms with Crippen LogP contribution in [0.1, 0.15) is 0 Å². The van der Waals surface area contributed by atoms with Crippen LogP contribution >= 0.6 is 74.4 Å². The lowest BCUT2D eigenvalue weighted by Crippen LogP contribution is -1.99. The van der Waals surface area contributed by atoms with Crippen LogP contribution in [0, 0.1) is 0 Å². The fraction of sp³-hybridized carbons (Fsp3) is 0. The second-order valence-electron chi connectivity index (χ2n) is 6.08. The molecule has 0 aliphatic rings. The molecule has 0 bridgehead atoms. The number of hydrogen-bond acceptors (Lipinski definition) is 6. The van der Waals surface area contributed by atoms with Gasteiger partial charge in [-0.25, -0.2) is 0 Å². The molecule has 0 atom stereocenters. The first-order valence-corrected chi connectivity index (χ1v) is 7.45. The summed E-state index contributed by atoms with van der Waals surface area (Å²) in [7, 11) is 0. The predicted octanol–water partition coefficient (Wildman–Crippen LogP) is 5.17. The Labute approximate surface area is 210 Å². The maximum atomic E-state index is 6.02. The zero-order valence-corrected chi connectivity index (χ0v) is 20.3. The van der Waals surface area contributed by atoms with E-state index in [-0.39, 0.29) is 74.4 Å². The number of nitrogens with two attached hydrogens (primary N) is 6. The van der Waals surface area contributed by atoms with Crippen molar-refractivity contribution in [3.63, 3.8) is 0 Å². The summed E-state index contributed by atoms with van der Waals surface area (Å²) >= 11 is 0. The summed E-state index contributed by atoms with van der Waals surface area (Å²) in [6.07, 6.45) is 0. The molecule has 0 amide bonds. The first-order chi connectivity index (χ1) is 11.4. The number of fused-ring (bicyclic) bond motifs is 6. The van der Waals surface area contributed by atoms with Crippen LogP contribution in [0.2, 0.25) is 0 Å². The first kappa shape index (κ1) is 32.9. The van der Waals surface area contributed by atoms with E-state index in [1.165, 1.54) is 0 Å². The highest BCUT2D eigenvalue weighted by Gasteiger charge is 2.13. The molecule has 4 aromatic rings. The zero-order chi connectivity index (χ0) is 17.2. The van der Waals surface area contributed by atoms with Gasteiger partial charge in [0.25, 0.3) is 0 Å². The summed E-state index contributed by atoms with van der Waals surface area (Å²) in [5.74, 6) is 0. The quantitative estimate of drug-likeness (QED) is 0.134. The Bertz CT molecular complexity index is 918. The van der Waals surface area contributed by atoms with Crippen molar-refractivity contribution in [1.82, 2.24) is 0 Å². The third-order valence-corrected chi connectivity index (χ3v) is 4.54. The SMILES string of the molecule is Cl.Cl.Cl.Cl.Cl.Cl.Nc1cc2c3cc(N)c(N)cc3c3cc(N)c(N)cc3c2cc1N. The monoisotopic (exact) mass is 534 g/mol. The van der Waals surface area contributed by atoms with Gasteiger partial charge in [-0.15, -0.1) is 74.4 Å². The van der Waals surface area contributed by atoms with Crippen molar-refractivity contribution in [1.29, 1.82) is 0 Å². The van der Waals surface area contributed by atoms with Crippen LogP contribution in [0.25, 0.3) is 32.3 Å². The molecule has 0 saturated heterocycles. The van der Waals surface area contributed by atoms with E-state index >= 15 is 0 Å². The maximum absolute atomic E-state index is 6.02. The number of hydrogen-bond donors (Lipinski definition) is 6. The number of rotatable bonds is 0. The first-order valence-electron chi connectivity index (χ1n) is 7.45. The third kappa shape index (κ3) is 4.91. The van der Waals surface area contributed by atoms with Crippen LogP contribution < -0.4 is 34.4 Å². The molecule has 168 valence electrons. The van der Waals surface area contributed by atoms with Crippen molar-refractivity contribution in [2.24, 2.45) is 0 Å². The van der Waals surface area contributed by atoms with Crippen LogP contribution in [0.5, 0.6) is 0 Å². The zero-order valence-electron chi connectivity index (χ0n) is 15.4. The van der Waals surface area contributed by atoms with Gasteiger partial charge in [0.15, 0.2) is 0 Å². The van der Waals surface area contributed by atoms with Crippen molar-refractivity contribution in [3.05, 3.63) is 36.4 Å². The lowest BCUT2D eigenvalue weighted by atomic mass is 9.92. The van der Waals surface area contributed by atoms with Gasteiger partial charge >= 0.3 is 0 Å². The Morgan fingerprint density at radius 3 is 0.467 bits per heavy atom. The number of benzene rings is 4. The van der Waals surface area contributed by atoms with E-state index in [1.807, 2.05) is 36.4 Å². The van der Waals surface area contributed by atoms with Gasteiger partial charge in [-0.05, 0) is 68.7 Å². The van der Waals surface area contributed by atoms with Crippen molar-refractivity contribution in [2.45, 2.75) is 0 Å². The largest absolute Gasteiger partial charge is 0.397 e. The predicted molar refractivity (Wildman–Crippen MR) is 149 cm³/mol. The van der Waals surface area contributed by atoms with Crippen molar-refractivity contribution >= 4 is 141 Å². The molecule has 0 unspecified atom stereocenters. The second-order valence-corrected chi connectivity index (χ2v) is 6.08. The van der Waals surface area contributed by atoms with E-state index in [1.54, 1.807) is 0 Å². The average molecular weight is 537 g/mol. The maximum Gasteiger partial charge on any atom is 0.0554 e. The van der Waals surface area contributed by atoms with Gasteiger partial charge in [0.05, 0.1) is 34.1 Å². The highest BCUT2D eigenvalue weighted by molar-refractivity contribution is 6.28. The lowest BCUT2D eigenvalue weighted by molar-refractivity contribution is 1.70. The van der Waals surface area contributed by atoms with Gasteiger partial charge in [0.2, 0.25) is 0 Å². The summed E-state index contributed by atoms with van der Waals surface area (Å²) in [6.45, 7) is 0. The normalized spacial score (nSPS) is 9.20. The fourth-order valence-electron chi connectivity index (χ4n) is 3.24. The van der Waals surface area contributed by atoms with E-state index in [0.717, 1.165) is 32.3 Å². The highest BCUT2D eigenvalue weighted by Crippen LogP contribution is 2.41. The van der Waals surface area contributed by atoms with Gasteiger partial charge < -0.3 is 34.4 Å². The Kier molecular flexibility index (Phi) is 12.7. The lowest BCUT2D eigenvalue weighted by Gasteiger charge is -2.15. The molecule has 4 rings (SSSR count). The molecule has 0 aliphatic heterocycles. The summed E-state index contributed by atoms with van der Waals surface area (Å²) in [5, 5.41) is 5.67. The minimum atomic E-state index is 0. The number of nitrogen functional groups attached to an aromatic ring is 6. The minimum Gasteiger partial charge on any atom is -0.397 e. The van der Waals surface area contributed by atoms with Crippen LogP contribution in [0.3, 0.4) is 0 Å². The molecule has 30 heavy (non-hydrogen) atoms. The second kappa shape index (κ2) is 11.6. The molecule has 0 radical (unpaired) electrons. The molecule has 0 fully saturated rings. The molecule has 12 N–H and O–H groups in total. The van der Waals surface area contributed by atoms with E-state index < -0.39 is 0 Å². The van der Waals surface area contributed by atoms with Gasteiger partial charge in [-0.3, -0.25) is 0 Å². The molecule has 0 aromatic heterocycles. The number of anilines is 6. The van der Waals surface area contributed by atoms with Gasteiger partial charge in [-0.2, -0.15) is 0 Å². The van der Waals surface area contributed by atoms with Crippen LogP contribution in [0.15, 0.2) is 36.4 Å². The van der Waals surface area contributed by atoms with Crippen molar-refractivity contribution in [2.75, 3.05) is 34.4 Å². The summed E-state index contributed by atoms with van der Waals surface area (Å²) in [6, 6.07) is 11.1. The van der Waals surface area contributed by atoms with E-state index in [9.17, 15) is 0 Å². The highest BCUT2D eigenvalue weighted by atomic mass is 35.5. The van der Waals surface area contributed by atoms with Crippen LogP contribution in [-0.4, -0.2) is 0 Å². The molecule has 0 saturated carbocycles. The van der Waals surface area contributed by atoms with E-state index in [4.69, 9.17) is 34.4 Å². The standard InChI is InChI=1S/C18H18N6.6ClH/c19-13-1-7-8(2-14(13)20)10-4-17(23)18(24)6-12(10)11-5-16(22)15(21)3-9(7)11;;;;;;/h1-6H,19-24H2;6*1H. The number of halogens is 6. The van der Waals surface area contributed by atoms with Crippen molar-refractivity contribution < 1.29 is 0 Å². The third-order valence-electron chi connectivity index (χ3n) is 4.54. The molecule has 6 nitrogen and oxygen atoms in total. The smallest absolute Gasteiger partial charge is 0.0554 e. The summed E-state index contributed by atoms with van der Waals surface area (Å²) < 4.78 is 0. The summed E-state index contributed by atoms with van der Waals surface area (Å²) in [4.78, 5) is 0. The molecule has 0 spiro atoms. The molecular formula is C18H24Cl6N6. The molecule has 0 heterocycles. The van der Waals surface area contributed by atoms with Gasteiger partial charge in [0, 0.05) is 0 Å². The Hall–Kier alpha value is -1.80. The molecule has 0 aliphatic carbocycles. The minimum absolute atomic E-state index is 0. The van der Waals surface area contributed by atoms with Gasteiger partial charge in [-0.1, -0.05) is 0 Å². The molecule has 4 aromatic carbocycles. The van der Waals surface area contributed by atoms with Crippen molar-refractivity contribution in [3.8, 4) is 0 Å². The molecule has 12 heteroatoms. The fourth-order valence-corrected chi connectivity index (χ4v) is 3.24. The van der Waals surface area contributed by atoms with Crippen LogP contribution in [0.4, 0.5) is 34.1 Å². The summed E-state index contributed by atoms with van der Waals surface area (Å²) in [5.41, 5.74) is 39.2. The molecular weight excluding hydrogens is 513 g/mol. The van der Waals surface area contributed by atoms with E-state index in [2.05, 4.69) is 0 Å². The van der Waals surface area contributed by atoms with E-state index in [0.29, 0.717) is 34.1 Å². The Morgan fingerprint density at radius 2 is 0.367 bits per heavy atom. The topological polar surface area (TPSA) is 156 Å². The Morgan fingerprint density at radius 1 is 0.267 bits per heavy atom. The average Bonchev–Trinajstić information content (AvgIpc) is 2.53. The van der Waals surface area contributed by atoms with Gasteiger partial charge in [0.1, 0.15) is 0 Å². The Balaban J connectivity index is -0.00000121. The van der Waals surface area contributed by atoms with Crippen LogP contribution in [-0.2, 0) is 0 Å².